The third-order valence-electron chi connectivity index (χ3n) is 9.25. The maximum Gasteiger partial charge on any atom is 0.407 e. The first-order valence-electron chi connectivity index (χ1n) is 17.9. The van der Waals surface area contributed by atoms with Crippen molar-refractivity contribution < 1.29 is 41.9 Å². The van der Waals surface area contributed by atoms with Crippen LogP contribution >= 0.6 is 0 Å². The van der Waals surface area contributed by atoms with Gasteiger partial charge in [0.2, 0.25) is 21.8 Å². The summed E-state index contributed by atoms with van der Waals surface area (Å²) in [6, 6.07) is -2.46. The third kappa shape index (κ3) is 15.2. The molecule has 302 valence electrons. The summed E-state index contributed by atoms with van der Waals surface area (Å²) in [5, 5.41) is 9.98. The molecule has 14 nitrogen and oxygen atoms in total. The van der Waals surface area contributed by atoms with Crippen molar-refractivity contribution in [1.29, 1.82) is 0 Å². The van der Waals surface area contributed by atoms with Crippen molar-refractivity contribution in [2.24, 2.45) is 16.7 Å². The van der Waals surface area contributed by atoms with Crippen LogP contribution in [-0.4, -0.2) is 81.0 Å². The molecule has 1 heterocycles. The van der Waals surface area contributed by atoms with Gasteiger partial charge in [0, 0.05) is 13.0 Å². The minimum atomic E-state index is -3.88. The first-order valence-corrected chi connectivity index (χ1v) is 19.5. The molecule has 2 fully saturated rings. The van der Waals surface area contributed by atoms with Crippen molar-refractivity contribution in [2.75, 3.05) is 19.8 Å². The summed E-state index contributed by atoms with van der Waals surface area (Å²) in [4.78, 5) is 66.3. The molecule has 0 radical (unpaired) electrons. The molecule has 0 saturated heterocycles. The maximum atomic E-state index is 13.8. The Labute approximate surface area is 317 Å². The highest BCUT2D eigenvalue weighted by atomic mass is 32.2. The van der Waals surface area contributed by atoms with Gasteiger partial charge in [0.25, 0.3) is 5.91 Å². The van der Waals surface area contributed by atoms with E-state index in [4.69, 9.17) is 9.47 Å². The summed E-state index contributed by atoms with van der Waals surface area (Å²) < 4.78 is 38.1. The highest BCUT2D eigenvalue weighted by Crippen LogP contribution is 2.46. The number of carbonyl (C=O) groups excluding carboxylic acids is 5. The highest BCUT2D eigenvalue weighted by molar-refractivity contribution is 7.91. The maximum absolute atomic E-state index is 13.8. The summed E-state index contributed by atoms with van der Waals surface area (Å²) in [7, 11) is -3.88. The van der Waals surface area contributed by atoms with E-state index < -0.39 is 68.2 Å². The molecule has 4 atom stereocenters. The van der Waals surface area contributed by atoms with Gasteiger partial charge in [-0.15, -0.1) is 0 Å². The fourth-order valence-electron chi connectivity index (χ4n) is 5.77. The van der Waals surface area contributed by atoms with E-state index in [1.54, 1.807) is 32.9 Å². The summed E-state index contributed by atoms with van der Waals surface area (Å²) in [6.07, 6.45) is 14.8. The quantitative estimate of drug-likeness (QED) is 0.242. The van der Waals surface area contributed by atoms with Crippen LogP contribution in [-0.2, 0) is 33.9 Å². The average Bonchev–Trinajstić information content (AvgIpc) is 3.97. The van der Waals surface area contributed by atoms with E-state index in [-0.39, 0.29) is 58.8 Å². The fraction of sp³-hybridized carbons (Fsp3) is 0.711. The van der Waals surface area contributed by atoms with E-state index in [1.165, 1.54) is 0 Å². The normalized spacial score (nSPS) is 26.5. The molecular weight excluding hydrogens is 703 g/mol. The van der Waals surface area contributed by atoms with E-state index in [2.05, 4.69) is 32.1 Å². The van der Waals surface area contributed by atoms with Gasteiger partial charge in [0.15, 0.2) is 0 Å². The van der Waals surface area contributed by atoms with Crippen molar-refractivity contribution in [1.82, 2.24) is 26.0 Å². The van der Waals surface area contributed by atoms with Gasteiger partial charge in [-0.05, 0) is 55.3 Å². The van der Waals surface area contributed by atoms with Gasteiger partial charge in [-0.25, -0.2) is 18.0 Å². The van der Waals surface area contributed by atoms with E-state index in [1.807, 2.05) is 39.0 Å². The number of hydrogen-bond donors (Lipinski definition) is 5. The van der Waals surface area contributed by atoms with E-state index in [0.29, 0.717) is 19.3 Å². The predicted molar refractivity (Wildman–Crippen MR) is 206 cm³/mol. The van der Waals surface area contributed by atoms with Crippen LogP contribution < -0.4 is 26.0 Å². The third-order valence-corrected chi connectivity index (χ3v) is 11.1. The number of cyclic esters (lactones) is 2. The standard InChI is InChI=1S/C36H57N5O9S.2CH4/c1-7-25-23-36(25,31(44)41-51(47,48)26-17-18-26)40-29(42)27-19-22-49-32(45)37-21-16-14-12-10-8-9-11-13-15-20-35(5,6)24-50-33(46)39-28(30(43)38-27)34(2,3)4;;/h8-10,12,14,16,25-28H,7,11,13,15,17-24H2,1-6H3,(H,37,45)(H,38,43)(H,39,46)(H,40,42)(H,41,44);2*1H4/t25-,27+,28-,36-;;/m1../s1. The lowest BCUT2D eigenvalue weighted by Crippen LogP contribution is -2.60. The van der Waals surface area contributed by atoms with E-state index in [9.17, 15) is 32.4 Å². The Kier molecular flexibility index (Phi) is 18.3. The van der Waals surface area contributed by atoms with E-state index in [0.717, 1.165) is 25.7 Å². The van der Waals surface area contributed by atoms with E-state index >= 15 is 0 Å². The summed E-state index contributed by atoms with van der Waals surface area (Å²) in [6.45, 7) is 11.1. The molecule has 2 saturated carbocycles. The second-order valence-electron chi connectivity index (χ2n) is 15.5. The molecule has 0 spiro atoms. The lowest BCUT2D eigenvalue weighted by Gasteiger charge is -2.32. The number of hydrogen-bond acceptors (Lipinski definition) is 9. The highest BCUT2D eigenvalue weighted by Gasteiger charge is 2.61. The topological polar surface area (TPSA) is 198 Å². The molecule has 0 aromatic heterocycles. The van der Waals surface area contributed by atoms with Crippen LogP contribution in [0.15, 0.2) is 36.5 Å². The number of alkyl carbamates (subject to hydrolysis) is 2. The Morgan fingerprint density at radius 3 is 2.19 bits per heavy atom. The lowest BCUT2D eigenvalue weighted by molar-refractivity contribution is -0.134. The number of ether oxygens (including phenoxy) is 2. The van der Waals surface area contributed by atoms with Crippen molar-refractivity contribution >= 4 is 39.9 Å². The predicted octanol–water partition coefficient (Wildman–Crippen LogP) is 5.16. The molecule has 5 amide bonds. The zero-order chi connectivity index (χ0) is 37.9. The fourth-order valence-corrected chi connectivity index (χ4v) is 7.13. The molecule has 5 N–H and O–H groups in total. The van der Waals surface area contributed by atoms with Crippen LogP contribution in [0.2, 0.25) is 0 Å². The second-order valence-corrected chi connectivity index (χ2v) is 17.4. The van der Waals surface area contributed by atoms with Crippen LogP contribution in [0.5, 0.6) is 0 Å². The molecule has 0 unspecified atom stereocenters. The number of nitrogens with one attached hydrogen (secondary N) is 5. The van der Waals surface area contributed by atoms with Gasteiger partial charge >= 0.3 is 12.2 Å². The lowest BCUT2D eigenvalue weighted by atomic mass is 9.86. The van der Waals surface area contributed by atoms with Crippen LogP contribution in [0.3, 0.4) is 0 Å². The number of sulfonamides is 1. The number of carbonyl (C=O) groups is 5. The number of rotatable bonds is 6. The summed E-state index contributed by atoms with van der Waals surface area (Å²) in [5.41, 5.74) is -2.60. The molecule has 3 aliphatic rings. The van der Waals surface area contributed by atoms with Crippen molar-refractivity contribution in [2.45, 2.75) is 137 Å². The second kappa shape index (κ2) is 20.5. The van der Waals surface area contributed by atoms with Crippen LogP contribution in [0.25, 0.3) is 0 Å². The largest absolute Gasteiger partial charge is 0.449 e. The molecule has 53 heavy (non-hydrogen) atoms. The van der Waals surface area contributed by atoms with Gasteiger partial charge in [0.05, 0.1) is 18.5 Å². The number of allylic oxidation sites excluding steroid dienone is 5. The molecule has 15 heteroatoms. The van der Waals surface area contributed by atoms with Gasteiger partial charge < -0.3 is 30.7 Å². The Bertz CT molecular complexity index is 1460. The SMILES string of the molecule is C.C.CC[C@@H]1C[C@]1(NC(=O)[C@@H]1CCOC(=O)NCC=CC=CC=CCCCCC(C)(C)COC(=O)N[C@@H](C(C)(C)C)C(=O)N1)C(=O)NS(=O)(=O)C1CC1. The first kappa shape index (κ1) is 47.1. The first-order chi connectivity index (χ1) is 23.9. The Morgan fingerprint density at radius 2 is 1.58 bits per heavy atom. The van der Waals surface area contributed by atoms with Crippen molar-refractivity contribution in [3.63, 3.8) is 0 Å². The van der Waals surface area contributed by atoms with Crippen LogP contribution in [0.1, 0.15) is 114 Å². The Morgan fingerprint density at radius 1 is 0.925 bits per heavy atom. The van der Waals surface area contributed by atoms with Gasteiger partial charge in [0.1, 0.15) is 17.6 Å². The zero-order valence-corrected chi connectivity index (χ0v) is 31.7. The average molecular weight is 768 g/mol. The molecular formula is C38H65N5O9S. The smallest absolute Gasteiger partial charge is 0.407 e. The van der Waals surface area contributed by atoms with Gasteiger partial charge in [-0.3, -0.25) is 19.1 Å². The molecule has 0 bridgehead atoms. The minimum Gasteiger partial charge on any atom is -0.449 e. The Balaban J connectivity index is 0.00000702. The van der Waals surface area contributed by atoms with Gasteiger partial charge in [-0.2, -0.15) is 0 Å². The van der Waals surface area contributed by atoms with Gasteiger partial charge in [-0.1, -0.05) is 106 Å². The molecule has 3 rings (SSSR count). The molecule has 2 aliphatic carbocycles. The minimum absolute atomic E-state index is 0. The van der Waals surface area contributed by atoms with Crippen molar-refractivity contribution in [3.8, 4) is 0 Å². The van der Waals surface area contributed by atoms with Crippen molar-refractivity contribution in [3.05, 3.63) is 36.5 Å². The number of amides is 5. The zero-order valence-electron chi connectivity index (χ0n) is 30.8. The Hall–Kier alpha value is -3.88. The monoisotopic (exact) mass is 767 g/mol. The molecule has 0 aromatic rings. The summed E-state index contributed by atoms with van der Waals surface area (Å²) in [5.74, 6) is -2.61. The van der Waals surface area contributed by atoms with Crippen LogP contribution in [0.4, 0.5) is 9.59 Å². The van der Waals surface area contributed by atoms with Crippen LogP contribution in [0, 0.1) is 16.7 Å². The molecule has 0 aromatic carbocycles. The summed E-state index contributed by atoms with van der Waals surface area (Å²) >= 11 is 0. The molecule has 1 aliphatic heterocycles.